The first-order valence-electron chi connectivity index (χ1n) is 7.37. The summed E-state index contributed by atoms with van der Waals surface area (Å²) >= 11 is 0. The van der Waals surface area contributed by atoms with E-state index in [2.05, 4.69) is 4.90 Å². The minimum absolute atomic E-state index is 0.175. The van der Waals surface area contributed by atoms with Gasteiger partial charge in [0, 0.05) is 25.7 Å². The van der Waals surface area contributed by atoms with Crippen LogP contribution < -0.4 is 0 Å². The predicted molar refractivity (Wildman–Crippen MR) is 72.8 cm³/mol. The Balaban J connectivity index is 1.55. The van der Waals surface area contributed by atoms with E-state index in [9.17, 15) is 9.90 Å². The highest BCUT2D eigenvalue weighted by Gasteiger charge is 2.48. The molecule has 2 rings (SSSR count). The molecular weight excluding hydrogens is 262 g/mol. The largest absolute Gasteiger partial charge is 0.481 e. The predicted octanol–water partition coefficient (Wildman–Crippen LogP) is 0.604. The fourth-order valence-electron chi connectivity index (χ4n) is 3.35. The Morgan fingerprint density at radius 1 is 1.15 bits per heavy atom. The van der Waals surface area contributed by atoms with Gasteiger partial charge < -0.3 is 19.3 Å². The first kappa shape index (κ1) is 15.7. The zero-order valence-electron chi connectivity index (χ0n) is 12.1. The standard InChI is InChI=1S/C14H25NO5/c1-18-6-7-20-9-8-19-5-4-15-11-2-3-13(15)12(10-11)14(16)17/h11-13H,2-10H2,1H3,(H,16,17). The molecule has 0 saturated carbocycles. The van der Waals surface area contributed by atoms with Gasteiger partial charge in [-0.25, -0.2) is 0 Å². The summed E-state index contributed by atoms with van der Waals surface area (Å²) in [6.45, 7) is 3.83. The van der Waals surface area contributed by atoms with Crippen LogP contribution in [0.25, 0.3) is 0 Å². The molecular formula is C14H25NO5. The summed E-state index contributed by atoms with van der Waals surface area (Å²) in [4.78, 5) is 13.5. The molecule has 6 nitrogen and oxygen atoms in total. The lowest BCUT2D eigenvalue weighted by atomic mass is 9.89. The third kappa shape index (κ3) is 3.91. The van der Waals surface area contributed by atoms with Crippen molar-refractivity contribution in [1.29, 1.82) is 0 Å². The highest BCUT2D eigenvalue weighted by molar-refractivity contribution is 5.71. The lowest BCUT2D eigenvalue weighted by Crippen LogP contribution is -2.35. The average Bonchev–Trinajstić information content (AvgIpc) is 2.99. The quantitative estimate of drug-likeness (QED) is 0.594. The number of fused-ring (bicyclic) bond motifs is 2. The summed E-state index contributed by atoms with van der Waals surface area (Å²) in [5.74, 6) is -0.819. The molecule has 2 aliphatic rings. The molecule has 0 aliphatic carbocycles. The van der Waals surface area contributed by atoms with Gasteiger partial charge in [-0.1, -0.05) is 0 Å². The van der Waals surface area contributed by atoms with E-state index in [-0.39, 0.29) is 12.0 Å². The minimum atomic E-state index is -0.644. The smallest absolute Gasteiger partial charge is 0.308 e. The van der Waals surface area contributed by atoms with Crippen molar-refractivity contribution in [2.24, 2.45) is 5.92 Å². The normalized spacial score (nSPS) is 29.1. The zero-order valence-corrected chi connectivity index (χ0v) is 12.1. The van der Waals surface area contributed by atoms with Gasteiger partial charge in [0.1, 0.15) is 0 Å². The van der Waals surface area contributed by atoms with Crippen molar-refractivity contribution in [2.45, 2.75) is 31.3 Å². The Bertz CT molecular complexity index is 312. The van der Waals surface area contributed by atoms with Crippen molar-refractivity contribution in [3.8, 4) is 0 Å². The van der Waals surface area contributed by atoms with Crippen molar-refractivity contribution < 1.29 is 24.1 Å². The maximum absolute atomic E-state index is 11.2. The molecule has 1 N–H and O–H groups in total. The second-order valence-electron chi connectivity index (χ2n) is 5.43. The van der Waals surface area contributed by atoms with Gasteiger partial charge in [-0.05, 0) is 19.3 Å². The maximum Gasteiger partial charge on any atom is 0.308 e. The molecule has 2 bridgehead atoms. The molecule has 0 aromatic heterocycles. The summed E-state index contributed by atoms with van der Waals surface area (Å²) in [5, 5.41) is 9.18. The molecule has 0 radical (unpaired) electrons. The van der Waals surface area contributed by atoms with Gasteiger partial charge in [0.2, 0.25) is 0 Å². The number of carboxylic acid groups (broad SMARTS) is 1. The second-order valence-corrected chi connectivity index (χ2v) is 5.43. The van der Waals surface area contributed by atoms with Crippen LogP contribution in [0.3, 0.4) is 0 Å². The lowest BCUT2D eigenvalue weighted by Gasteiger charge is -2.22. The van der Waals surface area contributed by atoms with E-state index < -0.39 is 5.97 Å². The number of hydrogen-bond donors (Lipinski definition) is 1. The maximum atomic E-state index is 11.2. The van der Waals surface area contributed by atoms with E-state index in [0.29, 0.717) is 39.1 Å². The van der Waals surface area contributed by atoms with Gasteiger partial charge in [-0.2, -0.15) is 0 Å². The average molecular weight is 287 g/mol. The van der Waals surface area contributed by atoms with Crippen LogP contribution in [0.2, 0.25) is 0 Å². The summed E-state index contributed by atoms with van der Waals surface area (Å²) < 4.78 is 15.7. The molecule has 6 heteroatoms. The SMILES string of the molecule is COCCOCCOCCN1C2CCC1C(C(=O)O)C2. The van der Waals surface area contributed by atoms with Crippen molar-refractivity contribution in [3.63, 3.8) is 0 Å². The molecule has 0 spiro atoms. The third-order valence-corrected chi connectivity index (χ3v) is 4.30. The Kier molecular flexibility index (Phi) is 6.22. The molecule has 0 amide bonds. The summed E-state index contributed by atoms with van der Waals surface area (Å²) in [5.41, 5.74) is 0. The van der Waals surface area contributed by atoms with Gasteiger partial charge in [0.05, 0.1) is 39.0 Å². The summed E-state index contributed by atoms with van der Waals surface area (Å²) in [6.07, 6.45) is 2.95. The van der Waals surface area contributed by atoms with Gasteiger partial charge in [-0.15, -0.1) is 0 Å². The zero-order chi connectivity index (χ0) is 14.4. The van der Waals surface area contributed by atoms with Crippen LogP contribution in [0.1, 0.15) is 19.3 Å². The molecule has 3 atom stereocenters. The minimum Gasteiger partial charge on any atom is -0.481 e. The van der Waals surface area contributed by atoms with Crippen LogP contribution in [-0.4, -0.2) is 74.7 Å². The number of methoxy groups -OCH3 is 1. The Morgan fingerprint density at radius 3 is 2.50 bits per heavy atom. The molecule has 2 saturated heterocycles. The number of hydrogen-bond acceptors (Lipinski definition) is 5. The fourth-order valence-corrected chi connectivity index (χ4v) is 3.35. The highest BCUT2D eigenvalue weighted by atomic mass is 16.5. The first-order valence-corrected chi connectivity index (χ1v) is 7.37. The summed E-state index contributed by atoms with van der Waals surface area (Å²) in [7, 11) is 1.65. The van der Waals surface area contributed by atoms with Crippen molar-refractivity contribution in [1.82, 2.24) is 4.90 Å². The highest BCUT2D eigenvalue weighted by Crippen LogP contribution is 2.41. The molecule has 20 heavy (non-hydrogen) atoms. The molecule has 2 aliphatic heterocycles. The van der Waals surface area contributed by atoms with Crippen molar-refractivity contribution in [3.05, 3.63) is 0 Å². The molecule has 0 aromatic rings. The summed E-state index contributed by atoms with van der Waals surface area (Å²) in [6, 6.07) is 0.668. The van der Waals surface area contributed by atoms with Crippen molar-refractivity contribution >= 4 is 5.97 Å². The lowest BCUT2D eigenvalue weighted by molar-refractivity contribution is -0.142. The molecule has 0 aromatic carbocycles. The van der Waals surface area contributed by atoms with Crippen LogP contribution in [0.4, 0.5) is 0 Å². The van der Waals surface area contributed by atoms with Gasteiger partial charge in [0.25, 0.3) is 0 Å². The molecule has 2 heterocycles. The first-order chi connectivity index (χ1) is 9.74. The van der Waals surface area contributed by atoms with Crippen LogP contribution >= 0.6 is 0 Å². The number of aliphatic carboxylic acids is 1. The van der Waals surface area contributed by atoms with Gasteiger partial charge in [0.15, 0.2) is 0 Å². The number of rotatable bonds is 10. The van der Waals surface area contributed by atoms with Crippen LogP contribution in [0, 0.1) is 5.92 Å². The second kappa shape index (κ2) is 7.93. The van der Waals surface area contributed by atoms with E-state index in [1.165, 1.54) is 0 Å². The van der Waals surface area contributed by atoms with Gasteiger partial charge >= 0.3 is 5.97 Å². The van der Waals surface area contributed by atoms with E-state index in [0.717, 1.165) is 25.8 Å². The van der Waals surface area contributed by atoms with E-state index >= 15 is 0 Å². The molecule has 2 fully saturated rings. The molecule has 3 unspecified atom stereocenters. The van der Waals surface area contributed by atoms with Crippen LogP contribution in [-0.2, 0) is 19.0 Å². The molecule has 116 valence electrons. The Morgan fingerprint density at radius 2 is 1.85 bits per heavy atom. The third-order valence-electron chi connectivity index (χ3n) is 4.30. The number of ether oxygens (including phenoxy) is 3. The number of nitrogens with zero attached hydrogens (tertiary/aromatic N) is 1. The van der Waals surface area contributed by atoms with E-state index in [1.807, 2.05) is 0 Å². The Labute approximate surface area is 120 Å². The number of carboxylic acids is 1. The monoisotopic (exact) mass is 287 g/mol. The van der Waals surface area contributed by atoms with E-state index in [4.69, 9.17) is 14.2 Å². The Hall–Kier alpha value is -0.690. The van der Waals surface area contributed by atoms with E-state index in [1.54, 1.807) is 7.11 Å². The van der Waals surface area contributed by atoms with Crippen LogP contribution in [0.5, 0.6) is 0 Å². The van der Waals surface area contributed by atoms with Gasteiger partial charge in [-0.3, -0.25) is 9.69 Å². The van der Waals surface area contributed by atoms with Crippen LogP contribution in [0.15, 0.2) is 0 Å². The van der Waals surface area contributed by atoms with Crippen molar-refractivity contribution in [2.75, 3.05) is 46.7 Å². The fraction of sp³-hybridized carbons (Fsp3) is 0.929. The number of carbonyl (C=O) groups is 1. The topological polar surface area (TPSA) is 68.2 Å².